The van der Waals surface area contributed by atoms with Crippen molar-refractivity contribution in [3.63, 3.8) is 0 Å². The highest BCUT2D eigenvalue weighted by molar-refractivity contribution is 7.84. The normalized spacial score (nSPS) is 27.8. The molecule has 0 aliphatic carbocycles. The van der Waals surface area contributed by atoms with Gasteiger partial charge in [-0.25, -0.2) is 0 Å². The first-order chi connectivity index (χ1) is 7.47. The summed E-state index contributed by atoms with van der Waals surface area (Å²) in [7, 11) is -0.799. The Kier molecular flexibility index (Phi) is 4.92. The molecule has 3 unspecified atom stereocenters. The van der Waals surface area contributed by atoms with Crippen LogP contribution in [-0.4, -0.2) is 45.3 Å². The molecule has 94 valence electrons. The van der Waals surface area contributed by atoms with Crippen molar-refractivity contribution < 1.29 is 9.00 Å². The zero-order chi connectivity index (χ0) is 12.3. The fraction of sp³-hybridized carbons (Fsp3) is 0.909. The Morgan fingerprint density at radius 1 is 1.50 bits per heavy atom. The number of carbonyl (C=O) groups excluding carboxylic acids is 1. The van der Waals surface area contributed by atoms with Gasteiger partial charge in [-0.05, 0) is 12.8 Å². The second-order valence-electron chi connectivity index (χ2n) is 4.54. The summed E-state index contributed by atoms with van der Waals surface area (Å²) in [4.78, 5) is 13.7. The minimum Gasteiger partial charge on any atom is -0.325 e. The average Bonchev–Trinajstić information content (AvgIpc) is 2.53. The van der Waals surface area contributed by atoms with Gasteiger partial charge in [0.15, 0.2) is 0 Å². The maximum atomic E-state index is 11.9. The topological polar surface area (TPSA) is 49.4 Å². The van der Waals surface area contributed by atoms with E-state index >= 15 is 0 Å². The minimum atomic E-state index is -0.799. The van der Waals surface area contributed by atoms with E-state index in [1.54, 1.807) is 0 Å². The second-order valence-corrected chi connectivity index (χ2v) is 6.41. The molecule has 0 radical (unpaired) electrons. The van der Waals surface area contributed by atoms with E-state index < -0.39 is 10.8 Å². The first kappa shape index (κ1) is 13.6. The number of hydrogen-bond donors (Lipinski definition) is 1. The molecule has 4 nitrogen and oxygen atoms in total. The highest BCUT2D eigenvalue weighted by Gasteiger charge is 2.37. The van der Waals surface area contributed by atoms with Crippen molar-refractivity contribution in [3.05, 3.63) is 0 Å². The van der Waals surface area contributed by atoms with Gasteiger partial charge in [-0.1, -0.05) is 20.8 Å². The second kappa shape index (κ2) is 5.77. The molecule has 16 heavy (non-hydrogen) atoms. The minimum absolute atomic E-state index is 0.0938. The molecule has 0 aromatic carbocycles. The van der Waals surface area contributed by atoms with Crippen LogP contribution in [-0.2, 0) is 15.6 Å². The third-order valence-corrected chi connectivity index (χ3v) is 4.21. The van der Waals surface area contributed by atoms with E-state index in [9.17, 15) is 9.00 Å². The zero-order valence-electron chi connectivity index (χ0n) is 10.5. The Hall–Kier alpha value is -0.420. The van der Waals surface area contributed by atoms with Gasteiger partial charge < -0.3 is 4.90 Å². The predicted octanol–water partition coefficient (Wildman–Crippen LogP) is 0.557. The van der Waals surface area contributed by atoms with Crippen LogP contribution < -0.4 is 5.32 Å². The van der Waals surface area contributed by atoms with E-state index in [0.717, 1.165) is 0 Å². The summed E-state index contributed by atoms with van der Waals surface area (Å²) >= 11 is 0. The lowest BCUT2D eigenvalue weighted by Crippen LogP contribution is -2.43. The average molecular weight is 246 g/mol. The van der Waals surface area contributed by atoms with E-state index in [2.05, 4.69) is 19.2 Å². The summed E-state index contributed by atoms with van der Waals surface area (Å²) in [5.74, 6) is 1.76. The van der Waals surface area contributed by atoms with Crippen LogP contribution in [0.2, 0.25) is 0 Å². The molecule has 1 aliphatic heterocycles. The van der Waals surface area contributed by atoms with Crippen molar-refractivity contribution in [2.75, 3.05) is 18.1 Å². The maximum absolute atomic E-state index is 11.9. The third-order valence-electron chi connectivity index (χ3n) is 2.92. The predicted molar refractivity (Wildman–Crippen MR) is 66.5 cm³/mol. The SMILES string of the molecule is CCS(=O)CCN1C(=O)C(C)NC1C(C)C. The zero-order valence-corrected chi connectivity index (χ0v) is 11.3. The molecule has 1 amide bonds. The van der Waals surface area contributed by atoms with Gasteiger partial charge in [-0.3, -0.25) is 14.3 Å². The molecule has 3 atom stereocenters. The van der Waals surface area contributed by atoms with E-state index in [1.807, 2.05) is 18.7 Å². The van der Waals surface area contributed by atoms with Gasteiger partial charge in [0.1, 0.15) is 0 Å². The summed E-state index contributed by atoms with van der Waals surface area (Å²) in [5, 5.41) is 3.27. The van der Waals surface area contributed by atoms with Gasteiger partial charge >= 0.3 is 0 Å². The van der Waals surface area contributed by atoms with Gasteiger partial charge in [-0.15, -0.1) is 0 Å². The van der Waals surface area contributed by atoms with Gasteiger partial charge in [0.2, 0.25) is 5.91 Å². The van der Waals surface area contributed by atoms with E-state index in [0.29, 0.717) is 24.0 Å². The van der Waals surface area contributed by atoms with Crippen LogP contribution >= 0.6 is 0 Å². The lowest BCUT2D eigenvalue weighted by Gasteiger charge is -2.26. The molecule has 0 saturated carbocycles. The molecular formula is C11H22N2O2S. The number of carbonyl (C=O) groups is 1. The van der Waals surface area contributed by atoms with Crippen molar-refractivity contribution in [1.82, 2.24) is 10.2 Å². The summed E-state index contributed by atoms with van der Waals surface area (Å²) in [5.41, 5.74) is 0. The Morgan fingerprint density at radius 2 is 2.12 bits per heavy atom. The Morgan fingerprint density at radius 3 is 2.62 bits per heavy atom. The van der Waals surface area contributed by atoms with Crippen LogP contribution in [0.3, 0.4) is 0 Å². The Bertz CT molecular complexity index is 281. The van der Waals surface area contributed by atoms with Crippen molar-refractivity contribution in [1.29, 1.82) is 0 Å². The van der Waals surface area contributed by atoms with Crippen molar-refractivity contribution in [3.8, 4) is 0 Å². The van der Waals surface area contributed by atoms with Crippen molar-refractivity contribution in [2.45, 2.75) is 39.9 Å². The first-order valence-corrected chi connectivity index (χ1v) is 7.37. The summed E-state index contributed by atoms with van der Waals surface area (Å²) in [6.45, 7) is 8.57. The van der Waals surface area contributed by atoms with Crippen molar-refractivity contribution >= 4 is 16.7 Å². The van der Waals surface area contributed by atoms with E-state index in [4.69, 9.17) is 0 Å². The van der Waals surface area contributed by atoms with Gasteiger partial charge in [0.25, 0.3) is 0 Å². The van der Waals surface area contributed by atoms with Gasteiger partial charge in [0.05, 0.1) is 12.2 Å². The number of nitrogens with zero attached hydrogens (tertiary/aromatic N) is 1. The van der Waals surface area contributed by atoms with Gasteiger partial charge in [-0.2, -0.15) is 0 Å². The van der Waals surface area contributed by atoms with Crippen LogP contribution in [0.25, 0.3) is 0 Å². The molecule has 1 aliphatic rings. The lowest BCUT2D eigenvalue weighted by atomic mass is 10.1. The molecule has 0 bridgehead atoms. The standard InChI is InChI=1S/C11H22N2O2S/c1-5-16(15)7-6-13-10(8(2)3)12-9(4)11(13)14/h8-10,12H,5-7H2,1-4H3. The lowest BCUT2D eigenvalue weighted by molar-refractivity contribution is -0.129. The monoisotopic (exact) mass is 246 g/mol. The fourth-order valence-electron chi connectivity index (χ4n) is 1.95. The number of amides is 1. The van der Waals surface area contributed by atoms with Crippen molar-refractivity contribution in [2.24, 2.45) is 5.92 Å². The molecule has 1 rings (SSSR count). The Balaban J connectivity index is 2.60. The number of nitrogens with one attached hydrogen (secondary N) is 1. The molecule has 0 aromatic heterocycles. The summed E-state index contributed by atoms with van der Waals surface area (Å²) in [6, 6.07) is -0.109. The van der Waals surface area contributed by atoms with Crippen LogP contribution in [0.5, 0.6) is 0 Å². The smallest absolute Gasteiger partial charge is 0.240 e. The molecule has 1 fully saturated rings. The largest absolute Gasteiger partial charge is 0.325 e. The number of hydrogen-bond acceptors (Lipinski definition) is 3. The summed E-state index contributed by atoms with van der Waals surface area (Å²) < 4.78 is 11.4. The van der Waals surface area contributed by atoms with Gasteiger partial charge in [0, 0.05) is 28.9 Å². The number of rotatable bonds is 5. The highest BCUT2D eigenvalue weighted by atomic mass is 32.2. The molecule has 0 spiro atoms. The molecule has 1 N–H and O–H groups in total. The maximum Gasteiger partial charge on any atom is 0.240 e. The molecule has 5 heteroatoms. The molecule has 1 heterocycles. The molecule has 0 aromatic rings. The van der Waals surface area contributed by atoms with Crippen LogP contribution in [0, 0.1) is 5.92 Å². The van der Waals surface area contributed by atoms with E-state index in [-0.39, 0.29) is 18.1 Å². The van der Waals surface area contributed by atoms with Crippen LogP contribution in [0.1, 0.15) is 27.7 Å². The summed E-state index contributed by atoms with van der Waals surface area (Å²) in [6.07, 6.45) is 0.0938. The first-order valence-electron chi connectivity index (χ1n) is 5.88. The Labute approximate surface area is 100 Å². The fourth-order valence-corrected chi connectivity index (χ4v) is 2.64. The highest BCUT2D eigenvalue weighted by Crippen LogP contribution is 2.17. The van der Waals surface area contributed by atoms with Crippen LogP contribution in [0.15, 0.2) is 0 Å². The van der Waals surface area contributed by atoms with Crippen LogP contribution in [0.4, 0.5) is 0 Å². The third kappa shape index (κ3) is 3.04. The quantitative estimate of drug-likeness (QED) is 0.771. The molecule has 1 saturated heterocycles. The molecular weight excluding hydrogens is 224 g/mol. The van der Waals surface area contributed by atoms with E-state index in [1.165, 1.54) is 0 Å².